The molecule has 4 heteroatoms. The minimum atomic E-state index is -0.231. The van der Waals surface area contributed by atoms with Gasteiger partial charge in [-0.2, -0.15) is 0 Å². The molecular weight excluding hydrogens is 279 g/mol. The third-order valence-corrected chi connectivity index (χ3v) is 3.44. The lowest BCUT2D eigenvalue weighted by atomic mass is 10.1. The maximum absolute atomic E-state index is 12.8. The molecule has 0 radical (unpaired) electrons. The van der Waals surface area contributed by atoms with Gasteiger partial charge in [0.15, 0.2) is 0 Å². The predicted molar refractivity (Wildman–Crippen MR) is 87.4 cm³/mol. The average Bonchev–Trinajstić information content (AvgIpc) is 2.54. The van der Waals surface area contributed by atoms with E-state index in [1.54, 1.807) is 12.1 Å². The first kappa shape index (κ1) is 16.2. The number of amides is 1. The summed E-state index contributed by atoms with van der Waals surface area (Å²) in [7, 11) is 0. The molecule has 116 valence electrons. The summed E-state index contributed by atoms with van der Waals surface area (Å²) in [4.78, 5) is 11.8. The van der Waals surface area contributed by atoms with Crippen LogP contribution in [0, 0.1) is 5.82 Å². The molecular formula is C18H21FN2O. The zero-order valence-electron chi connectivity index (χ0n) is 12.7. The molecule has 0 saturated heterocycles. The van der Waals surface area contributed by atoms with Crippen LogP contribution in [0.1, 0.15) is 18.1 Å². The lowest BCUT2D eigenvalue weighted by molar-refractivity contribution is -0.115. The summed E-state index contributed by atoms with van der Waals surface area (Å²) in [6, 6.07) is 14.3. The number of benzene rings is 2. The molecule has 2 rings (SSSR count). The van der Waals surface area contributed by atoms with Crippen molar-refractivity contribution in [2.45, 2.75) is 19.8 Å². The average molecular weight is 300 g/mol. The molecule has 0 fully saturated rings. The van der Waals surface area contributed by atoms with Crippen LogP contribution < -0.4 is 10.6 Å². The van der Waals surface area contributed by atoms with Crippen LogP contribution in [0.25, 0.3) is 0 Å². The van der Waals surface area contributed by atoms with Crippen molar-refractivity contribution in [3.05, 3.63) is 65.5 Å². The summed E-state index contributed by atoms with van der Waals surface area (Å²) in [6.07, 6.45) is 1.75. The van der Waals surface area contributed by atoms with E-state index in [-0.39, 0.29) is 18.3 Å². The Kier molecular flexibility index (Phi) is 6.10. The molecule has 0 aliphatic rings. The normalized spacial score (nSPS) is 10.5. The number of rotatable bonds is 7. The van der Waals surface area contributed by atoms with Crippen molar-refractivity contribution in [3.8, 4) is 0 Å². The van der Waals surface area contributed by atoms with E-state index in [1.165, 1.54) is 17.7 Å². The topological polar surface area (TPSA) is 41.1 Å². The molecule has 2 N–H and O–H groups in total. The van der Waals surface area contributed by atoms with Crippen LogP contribution in [-0.4, -0.2) is 19.0 Å². The lowest BCUT2D eigenvalue weighted by Gasteiger charge is -2.07. The van der Waals surface area contributed by atoms with Crippen LogP contribution in [0.15, 0.2) is 48.5 Å². The first-order valence-electron chi connectivity index (χ1n) is 7.51. The van der Waals surface area contributed by atoms with Gasteiger partial charge in [0.2, 0.25) is 5.91 Å². The first-order chi connectivity index (χ1) is 10.7. The van der Waals surface area contributed by atoms with Crippen molar-refractivity contribution < 1.29 is 9.18 Å². The Morgan fingerprint density at radius 1 is 1.00 bits per heavy atom. The SMILES string of the molecule is CCc1ccc(NC(=O)CNCCc2ccc(F)cc2)cc1. The third-order valence-electron chi connectivity index (χ3n) is 3.44. The molecule has 0 aromatic heterocycles. The van der Waals surface area contributed by atoms with Crippen LogP contribution in [-0.2, 0) is 17.6 Å². The predicted octanol–water partition coefficient (Wildman–Crippen LogP) is 3.16. The van der Waals surface area contributed by atoms with Gasteiger partial charge in [-0.05, 0) is 54.8 Å². The number of anilines is 1. The maximum Gasteiger partial charge on any atom is 0.238 e. The highest BCUT2D eigenvalue weighted by Gasteiger charge is 2.02. The highest BCUT2D eigenvalue weighted by atomic mass is 19.1. The number of nitrogens with one attached hydrogen (secondary N) is 2. The second-order valence-corrected chi connectivity index (χ2v) is 5.15. The second kappa shape index (κ2) is 8.29. The van der Waals surface area contributed by atoms with Crippen molar-refractivity contribution in [3.63, 3.8) is 0 Å². The number of aryl methyl sites for hydroxylation is 1. The van der Waals surface area contributed by atoms with Crippen LogP contribution in [0.3, 0.4) is 0 Å². The van der Waals surface area contributed by atoms with Crippen LogP contribution in [0.4, 0.5) is 10.1 Å². The highest BCUT2D eigenvalue weighted by Crippen LogP contribution is 2.09. The van der Waals surface area contributed by atoms with E-state index in [4.69, 9.17) is 0 Å². The quantitative estimate of drug-likeness (QED) is 0.771. The highest BCUT2D eigenvalue weighted by molar-refractivity contribution is 5.92. The van der Waals surface area contributed by atoms with Gasteiger partial charge >= 0.3 is 0 Å². The molecule has 1 amide bonds. The fourth-order valence-corrected chi connectivity index (χ4v) is 2.11. The summed E-state index contributed by atoms with van der Waals surface area (Å²) in [6.45, 7) is 3.03. The Balaban J connectivity index is 1.67. The van der Waals surface area contributed by atoms with E-state index in [9.17, 15) is 9.18 Å². The van der Waals surface area contributed by atoms with E-state index >= 15 is 0 Å². The van der Waals surface area contributed by atoms with Gasteiger partial charge in [0.25, 0.3) is 0 Å². The Labute approximate surface area is 130 Å². The largest absolute Gasteiger partial charge is 0.325 e. The zero-order chi connectivity index (χ0) is 15.8. The Hall–Kier alpha value is -2.20. The minimum Gasteiger partial charge on any atom is -0.325 e. The molecule has 0 heterocycles. The summed E-state index contributed by atoms with van der Waals surface area (Å²) >= 11 is 0. The summed E-state index contributed by atoms with van der Waals surface area (Å²) < 4.78 is 12.8. The first-order valence-corrected chi connectivity index (χ1v) is 7.51. The smallest absolute Gasteiger partial charge is 0.238 e. The Bertz CT molecular complexity index is 593. The summed E-state index contributed by atoms with van der Waals surface area (Å²) in [5.41, 5.74) is 3.10. The van der Waals surface area contributed by atoms with E-state index in [0.717, 1.165) is 24.1 Å². The van der Waals surface area contributed by atoms with E-state index in [0.29, 0.717) is 6.54 Å². The van der Waals surface area contributed by atoms with Gasteiger partial charge in [-0.3, -0.25) is 4.79 Å². The Morgan fingerprint density at radius 3 is 2.27 bits per heavy atom. The molecule has 2 aromatic carbocycles. The fourth-order valence-electron chi connectivity index (χ4n) is 2.11. The number of hydrogen-bond donors (Lipinski definition) is 2. The molecule has 0 bridgehead atoms. The molecule has 0 unspecified atom stereocenters. The fraction of sp³-hybridized carbons (Fsp3) is 0.278. The van der Waals surface area contributed by atoms with Crippen LogP contribution >= 0.6 is 0 Å². The summed E-state index contributed by atoms with van der Waals surface area (Å²) in [5.74, 6) is -0.298. The second-order valence-electron chi connectivity index (χ2n) is 5.15. The monoisotopic (exact) mass is 300 g/mol. The van der Waals surface area contributed by atoms with Crippen molar-refractivity contribution in [1.82, 2.24) is 5.32 Å². The van der Waals surface area contributed by atoms with Crippen molar-refractivity contribution in [2.75, 3.05) is 18.4 Å². The number of hydrogen-bond acceptors (Lipinski definition) is 2. The standard InChI is InChI=1S/C18H21FN2O/c1-2-14-5-9-17(10-6-14)21-18(22)13-20-12-11-15-3-7-16(19)8-4-15/h3-10,20H,2,11-13H2,1H3,(H,21,22). The number of halogens is 1. The van der Waals surface area contributed by atoms with Crippen LogP contribution in [0.5, 0.6) is 0 Å². The molecule has 0 saturated carbocycles. The molecule has 0 spiro atoms. The van der Waals surface area contributed by atoms with Crippen molar-refractivity contribution in [1.29, 1.82) is 0 Å². The van der Waals surface area contributed by atoms with Crippen molar-refractivity contribution in [2.24, 2.45) is 0 Å². The van der Waals surface area contributed by atoms with Gasteiger partial charge in [0.1, 0.15) is 5.82 Å². The van der Waals surface area contributed by atoms with Gasteiger partial charge in [-0.25, -0.2) is 4.39 Å². The van der Waals surface area contributed by atoms with Gasteiger partial charge in [0.05, 0.1) is 6.54 Å². The Morgan fingerprint density at radius 2 is 1.64 bits per heavy atom. The minimum absolute atomic E-state index is 0.0663. The zero-order valence-corrected chi connectivity index (χ0v) is 12.7. The molecule has 0 aliphatic heterocycles. The van der Waals surface area contributed by atoms with Gasteiger partial charge in [-0.15, -0.1) is 0 Å². The lowest BCUT2D eigenvalue weighted by Crippen LogP contribution is -2.29. The van der Waals surface area contributed by atoms with E-state index in [1.807, 2.05) is 24.3 Å². The molecule has 2 aromatic rings. The van der Waals surface area contributed by atoms with Gasteiger partial charge in [-0.1, -0.05) is 31.2 Å². The number of carbonyl (C=O) groups excluding carboxylic acids is 1. The molecule has 0 atom stereocenters. The maximum atomic E-state index is 12.8. The third kappa shape index (κ3) is 5.30. The molecule has 22 heavy (non-hydrogen) atoms. The van der Waals surface area contributed by atoms with Gasteiger partial charge < -0.3 is 10.6 Å². The van der Waals surface area contributed by atoms with Crippen LogP contribution in [0.2, 0.25) is 0 Å². The van der Waals surface area contributed by atoms with E-state index < -0.39 is 0 Å². The van der Waals surface area contributed by atoms with Gasteiger partial charge in [0, 0.05) is 5.69 Å². The van der Waals surface area contributed by atoms with Crippen molar-refractivity contribution >= 4 is 11.6 Å². The molecule has 3 nitrogen and oxygen atoms in total. The summed E-state index contributed by atoms with van der Waals surface area (Å²) in [5, 5.41) is 5.93. The van der Waals surface area contributed by atoms with E-state index in [2.05, 4.69) is 17.6 Å². The number of carbonyl (C=O) groups is 1. The molecule has 0 aliphatic carbocycles.